The Hall–Kier alpha value is -2.50. The molecule has 0 spiro atoms. The minimum absolute atomic E-state index is 0.192. The fraction of sp³-hybridized carbons (Fsp3) is 0.450. The first kappa shape index (κ1) is 19.8. The first-order chi connectivity index (χ1) is 12.5. The number of allylic oxidation sites excluding steroid dienone is 1. The number of rotatable bonds is 5. The molecule has 0 bridgehead atoms. The van der Waals surface area contributed by atoms with Crippen LogP contribution in [0, 0.1) is 6.92 Å². The Morgan fingerprint density at radius 1 is 1.35 bits per heavy atom. The number of aryl methyl sites for hydroxylation is 1. The smallest absolute Gasteiger partial charge is 0.273 e. The van der Waals surface area contributed by atoms with E-state index >= 15 is 0 Å². The molecule has 1 aromatic heterocycles. The number of nitrogens with two attached hydrogens (primary N) is 1. The maximum Gasteiger partial charge on any atom is 0.273 e. The van der Waals surface area contributed by atoms with Gasteiger partial charge in [-0.15, -0.1) is 0 Å². The van der Waals surface area contributed by atoms with Crippen molar-refractivity contribution < 1.29 is 8.91 Å². The van der Waals surface area contributed by atoms with Gasteiger partial charge in [0, 0.05) is 7.05 Å². The molecule has 5 nitrogen and oxygen atoms in total. The van der Waals surface area contributed by atoms with Gasteiger partial charge in [0.1, 0.15) is 6.17 Å². The fourth-order valence-corrected chi connectivity index (χ4v) is 2.96. The average molecular weight is 358 g/mol. The van der Waals surface area contributed by atoms with Gasteiger partial charge in [0.25, 0.3) is 5.89 Å². The van der Waals surface area contributed by atoms with Gasteiger partial charge < -0.3 is 10.3 Å². The zero-order valence-electron chi connectivity index (χ0n) is 16.1. The molecule has 1 heterocycles. The lowest BCUT2D eigenvalue weighted by atomic mass is 9.91. The summed E-state index contributed by atoms with van der Waals surface area (Å²) in [6.07, 6.45) is 2.18. The second-order valence-corrected chi connectivity index (χ2v) is 6.18. The number of halogens is 1. The van der Waals surface area contributed by atoms with Crippen LogP contribution in [-0.2, 0) is 5.41 Å². The largest absolute Gasteiger partial charge is 0.394 e. The number of hydrogen-bond donors (Lipinski definition) is 1. The third kappa shape index (κ3) is 3.84. The standard InChI is InChI=1S/C18H21FN4O.C2H6/c1-11-6-4-5-7-13(11)18(8-9-18)17-22-16(24-23-17)14(20)10-15(21-3)12(2)19;1-2/h4-7,10,12H,8-9,20H2,1-3H3;1-2H3/b14-10-,21-15?;. The van der Waals surface area contributed by atoms with Crippen LogP contribution in [0.25, 0.3) is 5.70 Å². The molecule has 0 amide bonds. The van der Waals surface area contributed by atoms with E-state index in [1.54, 1.807) is 0 Å². The predicted octanol–water partition coefficient (Wildman–Crippen LogP) is 4.21. The van der Waals surface area contributed by atoms with Crippen LogP contribution in [0.1, 0.15) is 56.5 Å². The van der Waals surface area contributed by atoms with Crippen molar-refractivity contribution in [3.8, 4) is 0 Å². The first-order valence-corrected chi connectivity index (χ1v) is 8.96. The Balaban J connectivity index is 0.00000117. The normalized spacial score (nSPS) is 17.3. The molecule has 1 atom stereocenters. The van der Waals surface area contributed by atoms with E-state index in [2.05, 4.69) is 34.2 Å². The summed E-state index contributed by atoms with van der Waals surface area (Å²) >= 11 is 0. The van der Waals surface area contributed by atoms with Crippen LogP contribution in [0.15, 0.2) is 39.9 Å². The maximum absolute atomic E-state index is 13.4. The molecule has 1 fully saturated rings. The number of nitrogens with zero attached hydrogens (tertiary/aromatic N) is 3. The summed E-state index contributed by atoms with van der Waals surface area (Å²) in [5.74, 6) is 0.832. The van der Waals surface area contributed by atoms with E-state index in [0.717, 1.165) is 12.8 Å². The zero-order chi connectivity index (χ0) is 19.3. The Bertz CT molecular complexity index is 804. The van der Waals surface area contributed by atoms with Crippen molar-refractivity contribution in [1.82, 2.24) is 10.1 Å². The molecular weight excluding hydrogens is 331 g/mol. The highest BCUT2D eigenvalue weighted by molar-refractivity contribution is 6.02. The number of alkyl halides is 1. The van der Waals surface area contributed by atoms with E-state index in [-0.39, 0.29) is 22.7 Å². The van der Waals surface area contributed by atoms with E-state index < -0.39 is 6.17 Å². The second kappa shape index (κ2) is 8.25. The van der Waals surface area contributed by atoms with E-state index in [9.17, 15) is 4.39 Å². The molecule has 1 aliphatic rings. The molecule has 3 rings (SSSR count). The van der Waals surface area contributed by atoms with Crippen molar-refractivity contribution in [2.45, 2.75) is 52.1 Å². The number of aliphatic imine (C=N–C) groups is 1. The van der Waals surface area contributed by atoms with Gasteiger partial charge in [-0.2, -0.15) is 4.98 Å². The molecule has 2 N–H and O–H groups in total. The van der Waals surface area contributed by atoms with Crippen molar-refractivity contribution in [3.05, 3.63) is 53.2 Å². The van der Waals surface area contributed by atoms with Crippen LogP contribution in [0.4, 0.5) is 4.39 Å². The lowest BCUT2D eigenvalue weighted by molar-refractivity contribution is 0.396. The van der Waals surface area contributed by atoms with Crippen molar-refractivity contribution in [2.24, 2.45) is 10.7 Å². The minimum atomic E-state index is -1.21. The van der Waals surface area contributed by atoms with Crippen LogP contribution in [-0.4, -0.2) is 29.1 Å². The van der Waals surface area contributed by atoms with Gasteiger partial charge in [0.15, 0.2) is 5.82 Å². The van der Waals surface area contributed by atoms with E-state index in [1.807, 2.05) is 26.0 Å². The highest BCUT2D eigenvalue weighted by Crippen LogP contribution is 2.53. The molecule has 0 aliphatic heterocycles. The number of benzene rings is 1. The van der Waals surface area contributed by atoms with Crippen LogP contribution in [0.3, 0.4) is 0 Å². The van der Waals surface area contributed by atoms with E-state index in [4.69, 9.17) is 10.3 Å². The summed E-state index contributed by atoms with van der Waals surface area (Å²) < 4.78 is 18.7. The lowest BCUT2D eigenvalue weighted by Crippen LogP contribution is -2.13. The van der Waals surface area contributed by atoms with Gasteiger partial charge in [0.05, 0.1) is 16.8 Å². The van der Waals surface area contributed by atoms with E-state index in [1.165, 1.54) is 31.2 Å². The van der Waals surface area contributed by atoms with Gasteiger partial charge in [-0.05, 0) is 43.9 Å². The molecule has 1 aromatic carbocycles. The summed E-state index contributed by atoms with van der Waals surface area (Å²) in [6, 6.07) is 8.22. The first-order valence-electron chi connectivity index (χ1n) is 8.96. The third-order valence-electron chi connectivity index (χ3n) is 4.48. The van der Waals surface area contributed by atoms with Crippen molar-refractivity contribution in [2.75, 3.05) is 7.05 Å². The van der Waals surface area contributed by atoms with Crippen LogP contribution >= 0.6 is 0 Å². The minimum Gasteiger partial charge on any atom is -0.394 e. The molecule has 1 saturated carbocycles. The topological polar surface area (TPSA) is 77.3 Å². The van der Waals surface area contributed by atoms with Crippen molar-refractivity contribution >= 4 is 11.4 Å². The Morgan fingerprint density at radius 2 is 2.00 bits per heavy atom. The lowest BCUT2D eigenvalue weighted by Gasteiger charge is -2.13. The summed E-state index contributed by atoms with van der Waals surface area (Å²) in [5, 5.41) is 4.13. The molecule has 0 saturated heterocycles. The Morgan fingerprint density at radius 3 is 2.54 bits per heavy atom. The van der Waals surface area contributed by atoms with Gasteiger partial charge in [-0.3, -0.25) is 4.99 Å². The monoisotopic (exact) mass is 358 g/mol. The third-order valence-corrected chi connectivity index (χ3v) is 4.48. The molecule has 0 radical (unpaired) electrons. The summed E-state index contributed by atoms with van der Waals surface area (Å²) in [5.41, 5.74) is 8.67. The highest BCUT2D eigenvalue weighted by Gasteiger charge is 2.50. The Kier molecular flexibility index (Phi) is 6.29. The second-order valence-electron chi connectivity index (χ2n) is 6.18. The van der Waals surface area contributed by atoms with Gasteiger partial charge in [-0.25, -0.2) is 4.39 Å². The molecular formula is C20H27FN4O. The molecule has 1 aliphatic carbocycles. The fourth-order valence-electron chi connectivity index (χ4n) is 2.96. The van der Waals surface area contributed by atoms with Crippen LogP contribution < -0.4 is 5.73 Å². The van der Waals surface area contributed by atoms with Crippen molar-refractivity contribution in [1.29, 1.82) is 0 Å². The SMILES string of the molecule is CC.CN=C(/C=C(\N)c1nc(C2(c3ccccc3C)CC2)no1)C(C)F. The predicted molar refractivity (Wildman–Crippen MR) is 103 cm³/mol. The maximum atomic E-state index is 13.4. The van der Waals surface area contributed by atoms with E-state index in [0.29, 0.717) is 5.82 Å². The number of hydrogen-bond acceptors (Lipinski definition) is 5. The molecule has 2 aromatic rings. The quantitative estimate of drug-likeness (QED) is 0.812. The zero-order valence-corrected chi connectivity index (χ0v) is 16.1. The average Bonchev–Trinajstić information content (AvgIpc) is 3.29. The summed E-state index contributed by atoms with van der Waals surface area (Å²) in [4.78, 5) is 8.34. The van der Waals surface area contributed by atoms with Gasteiger partial charge in [0.2, 0.25) is 0 Å². The van der Waals surface area contributed by atoms with Gasteiger partial charge >= 0.3 is 0 Å². The van der Waals surface area contributed by atoms with Crippen LogP contribution in [0.5, 0.6) is 0 Å². The summed E-state index contributed by atoms with van der Waals surface area (Å²) in [7, 11) is 1.52. The molecule has 1 unspecified atom stereocenters. The van der Waals surface area contributed by atoms with Crippen LogP contribution in [0.2, 0.25) is 0 Å². The number of aromatic nitrogens is 2. The summed E-state index contributed by atoms with van der Waals surface area (Å²) in [6.45, 7) is 7.49. The molecule has 26 heavy (non-hydrogen) atoms. The molecule has 6 heteroatoms. The Labute approximate surface area is 154 Å². The van der Waals surface area contributed by atoms with Crippen molar-refractivity contribution in [3.63, 3.8) is 0 Å². The van der Waals surface area contributed by atoms with Gasteiger partial charge in [-0.1, -0.05) is 43.3 Å². The molecule has 140 valence electrons. The highest BCUT2D eigenvalue weighted by atomic mass is 19.1.